The largest absolute Gasteiger partial charge is 0.314 e. The quantitative estimate of drug-likeness (QED) is 0.520. The molecule has 0 heterocycles. The van der Waals surface area contributed by atoms with Crippen LogP contribution in [0.15, 0.2) is 0 Å². The van der Waals surface area contributed by atoms with Crippen LogP contribution in [0.25, 0.3) is 0 Å². The van der Waals surface area contributed by atoms with E-state index in [9.17, 15) is 0 Å². The Labute approximate surface area is 80.3 Å². The molecule has 0 aromatic heterocycles. The van der Waals surface area contributed by atoms with Crippen molar-refractivity contribution in [3.63, 3.8) is 0 Å². The smallest absolute Gasteiger partial charge is 0.0365 e. The summed E-state index contributed by atoms with van der Waals surface area (Å²) in [5, 5.41) is 3.93. The van der Waals surface area contributed by atoms with Crippen LogP contribution in [-0.2, 0) is 0 Å². The van der Waals surface area contributed by atoms with Gasteiger partial charge in [-0.25, -0.2) is 0 Å². The van der Waals surface area contributed by atoms with Gasteiger partial charge in [0.2, 0.25) is 0 Å². The van der Waals surface area contributed by atoms with Gasteiger partial charge in [0.15, 0.2) is 0 Å². The second-order valence-electron chi connectivity index (χ2n) is 3.88. The van der Waals surface area contributed by atoms with Gasteiger partial charge in [-0.3, -0.25) is 0 Å². The molecule has 1 fully saturated rings. The Kier molecular flexibility index (Phi) is 4.33. The Balaban J connectivity index is 1.83. The molecule has 0 amide bonds. The third-order valence-corrected chi connectivity index (χ3v) is 2.65. The Hall–Kier alpha value is 0.210. The summed E-state index contributed by atoms with van der Waals surface area (Å²) in [6.07, 6.45) is 3.55. The van der Waals surface area contributed by atoms with Gasteiger partial charge in [-0.15, -0.1) is 11.6 Å². The molecule has 0 atom stereocenters. The van der Waals surface area contributed by atoms with Crippen molar-refractivity contribution in [1.29, 1.82) is 0 Å². The lowest BCUT2D eigenvalue weighted by Crippen LogP contribution is -2.42. The van der Waals surface area contributed by atoms with Gasteiger partial charge in [0.1, 0.15) is 0 Å². The minimum absolute atomic E-state index is 0.441. The second kappa shape index (κ2) is 5.05. The molecule has 2 nitrogen and oxygen atoms in total. The van der Waals surface area contributed by atoms with Crippen molar-refractivity contribution in [2.24, 2.45) is 0 Å². The predicted octanol–water partition coefficient (Wildman–Crippen LogP) is 1.30. The van der Waals surface area contributed by atoms with Gasteiger partial charge in [0.05, 0.1) is 0 Å². The van der Waals surface area contributed by atoms with E-state index < -0.39 is 0 Å². The molecule has 0 bridgehead atoms. The molecule has 1 rings (SSSR count). The SMILES string of the molecule is CN(C)CCCNC1CC(Cl)C1. The number of nitrogens with zero attached hydrogens (tertiary/aromatic N) is 1. The van der Waals surface area contributed by atoms with Crippen LogP contribution in [0.5, 0.6) is 0 Å². The summed E-state index contributed by atoms with van der Waals surface area (Å²) < 4.78 is 0. The number of alkyl halides is 1. The fourth-order valence-electron chi connectivity index (χ4n) is 1.42. The maximum atomic E-state index is 5.86. The van der Waals surface area contributed by atoms with Gasteiger partial charge in [0, 0.05) is 11.4 Å². The molecule has 0 aromatic carbocycles. The Morgan fingerprint density at radius 2 is 2.08 bits per heavy atom. The van der Waals surface area contributed by atoms with E-state index >= 15 is 0 Å². The number of nitrogens with one attached hydrogen (secondary N) is 1. The first-order valence-electron chi connectivity index (χ1n) is 4.70. The standard InChI is InChI=1S/C9H19ClN2/c1-12(2)5-3-4-11-9-6-8(10)7-9/h8-9,11H,3-7H2,1-2H3. The van der Waals surface area contributed by atoms with Gasteiger partial charge < -0.3 is 10.2 Å². The van der Waals surface area contributed by atoms with Crippen molar-refractivity contribution in [2.75, 3.05) is 27.2 Å². The molecule has 0 unspecified atom stereocenters. The number of hydrogen-bond donors (Lipinski definition) is 1. The minimum Gasteiger partial charge on any atom is -0.314 e. The summed E-state index contributed by atoms with van der Waals surface area (Å²) >= 11 is 5.86. The van der Waals surface area contributed by atoms with Crippen LogP contribution >= 0.6 is 11.6 Å². The lowest BCUT2D eigenvalue weighted by Gasteiger charge is -2.31. The zero-order chi connectivity index (χ0) is 8.97. The van der Waals surface area contributed by atoms with Crippen LogP contribution in [0.4, 0.5) is 0 Å². The topological polar surface area (TPSA) is 15.3 Å². The highest BCUT2D eigenvalue weighted by atomic mass is 35.5. The first kappa shape index (κ1) is 10.3. The van der Waals surface area contributed by atoms with E-state index in [2.05, 4.69) is 24.3 Å². The van der Waals surface area contributed by atoms with Gasteiger partial charge in [-0.1, -0.05) is 0 Å². The monoisotopic (exact) mass is 190 g/mol. The van der Waals surface area contributed by atoms with Crippen LogP contribution in [0.1, 0.15) is 19.3 Å². The molecule has 0 aromatic rings. The van der Waals surface area contributed by atoms with Crippen LogP contribution in [0.3, 0.4) is 0 Å². The van der Waals surface area contributed by atoms with E-state index in [1.54, 1.807) is 0 Å². The molecule has 1 aliphatic rings. The average molecular weight is 191 g/mol. The third-order valence-electron chi connectivity index (χ3n) is 2.30. The summed E-state index contributed by atoms with van der Waals surface area (Å²) in [7, 11) is 4.22. The van der Waals surface area contributed by atoms with Gasteiger partial charge >= 0.3 is 0 Å². The molecule has 1 saturated carbocycles. The molecule has 12 heavy (non-hydrogen) atoms. The molecule has 3 heteroatoms. The highest BCUT2D eigenvalue weighted by Crippen LogP contribution is 2.24. The highest BCUT2D eigenvalue weighted by molar-refractivity contribution is 6.21. The Bertz CT molecular complexity index is 122. The van der Waals surface area contributed by atoms with Crippen molar-refractivity contribution in [2.45, 2.75) is 30.7 Å². The number of hydrogen-bond acceptors (Lipinski definition) is 2. The third kappa shape index (κ3) is 3.74. The maximum absolute atomic E-state index is 5.86. The van der Waals surface area contributed by atoms with Crippen LogP contribution in [-0.4, -0.2) is 43.5 Å². The van der Waals surface area contributed by atoms with E-state index in [1.807, 2.05) is 0 Å². The second-order valence-corrected chi connectivity index (χ2v) is 4.49. The van der Waals surface area contributed by atoms with Crippen molar-refractivity contribution in [3.05, 3.63) is 0 Å². The van der Waals surface area contributed by atoms with E-state index in [0.717, 1.165) is 19.4 Å². The summed E-state index contributed by atoms with van der Waals surface area (Å²) in [4.78, 5) is 2.22. The maximum Gasteiger partial charge on any atom is 0.0365 e. The Morgan fingerprint density at radius 1 is 1.42 bits per heavy atom. The zero-order valence-corrected chi connectivity index (χ0v) is 8.77. The number of rotatable bonds is 5. The zero-order valence-electron chi connectivity index (χ0n) is 8.02. The van der Waals surface area contributed by atoms with Crippen molar-refractivity contribution in [3.8, 4) is 0 Å². The molecular weight excluding hydrogens is 172 g/mol. The molecule has 0 spiro atoms. The molecule has 0 aliphatic heterocycles. The van der Waals surface area contributed by atoms with E-state index in [4.69, 9.17) is 11.6 Å². The normalized spacial score (nSPS) is 29.0. The van der Waals surface area contributed by atoms with E-state index in [-0.39, 0.29) is 0 Å². The molecule has 0 radical (unpaired) electrons. The van der Waals surface area contributed by atoms with E-state index in [1.165, 1.54) is 13.0 Å². The fourth-order valence-corrected chi connectivity index (χ4v) is 1.85. The van der Waals surface area contributed by atoms with Crippen molar-refractivity contribution in [1.82, 2.24) is 10.2 Å². The van der Waals surface area contributed by atoms with E-state index in [0.29, 0.717) is 11.4 Å². The summed E-state index contributed by atoms with van der Waals surface area (Å²) in [5.41, 5.74) is 0. The van der Waals surface area contributed by atoms with Crippen LogP contribution in [0.2, 0.25) is 0 Å². The minimum atomic E-state index is 0.441. The highest BCUT2D eigenvalue weighted by Gasteiger charge is 2.25. The van der Waals surface area contributed by atoms with Gasteiger partial charge in [-0.2, -0.15) is 0 Å². The van der Waals surface area contributed by atoms with Gasteiger partial charge in [-0.05, 0) is 46.4 Å². The molecular formula is C9H19ClN2. The van der Waals surface area contributed by atoms with Crippen LogP contribution < -0.4 is 5.32 Å². The molecule has 72 valence electrons. The molecule has 1 N–H and O–H groups in total. The van der Waals surface area contributed by atoms with Gasteiger partial charge in [0.25, 0.3) is 0 Å². The lowest BCUT2D eigenvalue weighted by atomic mass is 9.92. The average Bonchev–Trinajstić information content (AvgIpc) is 1.93. The molecule has 0 saturated heterocycles. The number of halogens is 1. The summed E-state index contributed by atoms with van der Waals surface area (Å²) in [5.74, 6) is 0. The van der Waals surface area contributed by atoms with Crippen molar-refractivity contribution >= 4 is 11.6 Å². The predicted molar refractivity (Wildman–Crippen MR) is 53.8 cm³/mol. The Morgan fingerprint density at radius 3 is 2.58 bits per heavy atom. The summed E-state index contributed by atoms with van der Waals surface area (Å²) in [6.45, 7) is 2.30. The van der Waals surface area contributed by atoms with Crippen molar-refractivity contribution < 1.29 is 0 Å². The summed E-state index contributed by atoms with van der Waals surface area (Å²) in [6, 6.07) is 0.703. The van der Waals surface area contributed by atoms with Crippen LogP contribution in [0, 0.1) is 0 Å². The molecule has 1 aliphatic carbocycles. The first-order chi connectivity index (χ1) is 5.68. The lowest BCUT2D eigenvalue weighted by molar-refractivity contribution is 0.329. The first-order valence-corrected chi connectivity index (χ1v) is 5.14. The fraction of sp³-hybridized carbons (Fsp3) is 1.00.